The average molecular weight is 378 g/mol. The summed E-state index contributed by atoms with van der Waals surface area (Å²) < 4.78 is 0. The SMILES string of the molecule is CN1CCN(CC(c2ccccc2)c2ccccc2)C[C@]12CCNC(=O)CC2. The molecule has 1 atom stereocenters. The highest BCUT2D eigenvalue weighted by atomic mass is 16.1. The lowest BCUT2D eigenvalue weighted by Crippen LogP contribution is -2.61. The molecule has 2 heterocycles. The van der Waals surface area contributed by atoms with Crippen molar-refractivity contribution in [2.75, 3.05) is 39.8 Å². The van der Waals surface area contributed by atoms with E-state index in [1.165, 1.54) is 11.1 Å². The van der Waals surface area contributed by atoms with E-state index >= 15 is 0 Å². The highest BCUT2D eigenvalue weighted by Gasteiger charge is 2.41. The Bertz CT molecular complexity index is 739. The fourth-order valence-corrected chi connectivity index (χ4v) is 4.87. The lowest BCUT2D eigenvalue weighted by atomic mass is 9.84. The minimum Gasteiger partial charge on any atom is -0.356 e. The molecule has 2 aliphatic rings. The monoisotopic (exact) mass is 377 g/mol. The molecule has 0 bridgehead atoms. The van der Waals surface area contributed by atoms with E-state index in [0.29, 0.717) is 12.3 Å². The molecule has 0 unspecified atom stereocenters. The number of benzene rings is 2. The summed E-state index contributed by atoms with van der Waals surface area (Å²) in [6, 6.07) is 21.7. The average Bonchev–Trinajstić information content (AvgIpc) is 2.92. The number of amides is 1. The molecule has 0 aliphatic carbocycles. The number of rotatable bonds is 4. The second-order valence-corrected chi connectivity index (χ2v) is 8.35. The van der Waals surface area contributed by atoms with Crippen LogP contribution in [0.2, 0.25) is 0 Å². The fourth-order valence-electron chi connectivity index (χ4n) is 4.87. The van der Waals surface area contributed by atoms with Gasteiger partial charge in [-0.05, 0) is 31.0 Å². The third kappa shape index (κ3) is 4.13. The van der Waals surface area contributed by atoms with Crippen LogP contribution in [0.25, 0.3) is 0 Å². The van der Waals surface area contributed by atoms with E-state index in [9.17, 15) is 4.79 Å². The van der Waals surface area contributed by atoms with Gasteiger partial charge in [0.25, 0.3) is 0 Å². The number of nitrogens with zero attached hydrogens (tertiary/aromatic N) is 2. The Morgan fingerprint density at radius 2 is 1.61 bits per heavy atom. The second-order valence-electron chi connectivity index (χ2n) is 8.35. The molecule has 0 radical (unpaired) electrons. The molecular formula is C24H31N3O. The maximum Gasteiger partial charge on any atom is 0.220 e. The van der Waals surface area contributed by atoms with Gasteiger partial charge in [0.1, 0.15) is 0 Å². The zero-order valence-corrected chi connectivity index (χ0v) is 16.8. The number of carbonyl (C=O) groups is 1. The molecule has 4 rings (SSSR count). The zero-order chi connectivity index (χ0) is 19.4. The Hall–Kier alpha value is -2.17. The van der Waals surface area contributed by atoms with Crippen molar-refractivity contribution in [3.8, 4) is 0 Å². The van der Waals surface area contributed by atoms with Crippen molar-refractivity contribution in [3.63, 3.8) is 0 Å². The summed E-state index contributed by atoms with van der Waals surface area (Å²) in [5, 5.41) is 3.06. The van der Waals surface area contributed by atoms with Crippen LogP contribution in [0, 0.1) is 0 Å². The van der Waals surface area contributed by atoms with Gasteiger partial charge in [0, 0.05) is 50.6 Å². The molecule has 2 aromatic rings. The largest absolute Gasteiger partial charge is 0.356 e. The number of hydrogen-bond donors (Lipinski definition) is 1. The van der Waals surface area contributed by atoms with Gasteiger partial charge in [-0.1, -0.05) is 60.7 Å². The van der Waals surface area contributed by atoms with Crippen molar-refractivity contribution >= 4 is 5.91 Å². The standard InChI is InChI=1S/C24H31N3O/c1-26-16-17-27(19-24(26)13-12-23(28)25-15-14-24)18-22(20-8-4-2-5-9-20)21-10-6-3-7-11-21/h2-11,22H,12-19H2,1H3,(H,25,28)/t24-/m0/s1. The van der Waals surface area contributed by atoms with Gasteiger partial charge in [-0.2, -0.15) is 0 Å². The quantitative estimate of drug-likeness (QED) is 0.889. The van der Waals surface area contributed by atoms with Crippen LogP contribution in [0.3, 0.4) is 0 Å². The van der Waals surface area contributed by atoms with Crippen LogP contribution >= 0.6 is 0 Å². The Kier molecular flexibility index (Phi) is 5.79. The molecule has 2 aromatic carbocycles. The van der Waals surface area contributed by atoms with Gasteiger partial charge in [0.05, 0.1) is 0 Å². The Labute approximate surface area is 168 Å². The first-order valence-electron chi connectivity index (χ1n) is 10.5. The van der Waals surface area contributed by atoms with E-state index in [1.54, 1.807) is 0 Å². The maximum absolute atomic E-state index is 11.9. The lowest BCUT2D eigenvalue weighted by Gasteiger charge is -2.50. The molecule has 2 fully saturated rings. The van der Waals surface area contributed by atoms with E-state index in [0.717, 1.165) is 45.6 Å². The molecule has 4 nitrogen and oxygen atoms in total. The first-order chi connectivity index (χ1) is 13.7. The van der Waals surface area contributed by atoms with Gasteiger partial charge >= 0.3 is 0 Å². The number of likely N-dealkylation sites (N-methyl/N-ethyl adjacent to an activating group) is 1. The highest BCUT2D eigenvalue weighted by Crippen LogP contribution is 2.33. The molecule has 28 heavy (non-hydrogen) atoms. The Balaban J connectivity index is 1.56. The van der Waals surface area contributed by atoms with Gasteiger partial charge in [-0.3, -0.25) is 14.6 Å². The molecule has 4 heteroatoms. The molecule has 0 aromatic heterocycles. The third-order valence-electron chi connectivity index (χ3n) is 6.65. The normalized spacial score (nSPS) is 24.3. The first kappa shape index (κ1) is 19.2. The van der Waals surface area contributed by atoms with Crippen LogP contribution in [0.15, 0.2) is 60.7 Å². The molecule has 148 valence electrons. The highest BCUT2D eigenvalue weighted by molar-refractivity contribution is 5.76. The van der Waals surface area contributed by atoms with Crippen LogP contribution in [-0.4, -0.2) is 61.0 Å². The van der Waals surface area contributed by atoms with Gasteiger partial charge < -0.3 is 5.32 Å². The predicted octanol–water partition coefficient (Wildman–Crippen LogP) is 3.10. The summed E-state index contributed by atoms with van der Waals surface area (Å²) in [4.78, 5) is 17.0. The molecule has 2 aliphatic heterocycles. The van der Waals surface area contributed by atoms with Crippen LogP contribution < -0.4 is 5.32 Å². The Morgan fingerprint density at radius 3 is 2.25 bits per heavy atom. The van der Waals surface area contributed by atoms with Crippen molar-refractivity contribution in [2.24, 2.45) is 0 Å². The molecule has 0 saturated carbocycles. The van der Waals surface area contributed by atoms with Crippen molar-refractivity contribution < 1.29 is 4.79 Å². The predicted molar refractivity (Wildman–Crippen MR) is 113 cm³/mol. The smallest absolute Gasteiger partial charge is 0.220 e. The maximum atomic E-state index is 11.9. The fraction of sp³-hybridized carbons (Fsp3) is 0.458. The van der Waals surface area contributed by atoms with Crippen molar-refractivity contribution in [3.05, 3.63) is 71.8 Å². The zero-order valence-electron chi connectivity index (χ0n) is 16.8. The first-order valence-corrected chi connectivity index (χ1v) is 10.5. The van der Waals surface area contributed by atoms with Crippen LogP contribution in [0.1, 0.15) is 36.3 Å². The lowest BCUT2D eigenvalue weighted by molar-refractivity contribution is -0.121. The van der Waals surface area contributed by atoms with E-state index in [-0.39, 0.29) is 11.4 Å². The number of hydrogen-bond acceptors (Lipinski definition) is 3. The minimum absolute atomic E-state index is 0.106. The summed E-state index contributed by atoms with van der Waals surface area (Å²) in [7, 11) is 2.24. The van der Waals surface area contributed by atoms with E-state index < -0.39 is 0 Å². The molecular weight excluding hydrogens is 346 g/mol. The van der Waals surface area contributed by atoms with Crippen molar-refractivity contribution in [1.29, 1.82) is 0 Å². The van der Waals surface area contributed by atoms with Gasteiger partial charge in [-0.15, -0.1) is 0 Å². The summed E-state index contributed by atoms with van der Waals surface area (Å²) >= 11 is 0. The van der Waals surface area contributed by atoms with Crippen LogP contribution in [0.4, 0.5) is 0 Å². The van der Waals surface area contributed by atoms with E-state index in [2.05, 4.69) is 82.8 Å². The molecule has 1 amide bonds. The second kappa shape index (κ2) is 8.46. The topological polar surface area (TPSA) is 35.6 Å². The molecule has 2 saturated heterocycles. The van der Waals surface area contributed by atoms with Crippen molar-refractivity contribution in [2.45, 2.75) is 30.7 Å². The van der Waals surface area contributed by atoms with Crippen LogP contribution in [0.5, 0.6) is 0 Å². The van der Waals surface area contributed by atoms with Gasteiger partial charge in [0.2, 0.25) is 5.91 Å². The number of nitrogens with one attached hydrogen (secondary N) is 1. The molecule has 1 spiro atoms. The summed E-state index contributed by atoms with van der Waals surface area (Å²) in [5.74, 6) is 0.572. The van der Waals surface area contributed by atoms with Gasteiger partial charge in [-0.25, -0.2) is 0 Å². The van der Waals surface area contributed by atoms with E-state index in [4.69, 9.17) is 0 Å². The summed E-state index contributed by atoms with van der Waals surface area (Å²) in [6.07, 6.45) is 2.62. The summed E-state index contributed by atoms with van der Waals surface area (Å²) in [6.45, 7) is 4.98. The number of carbonyl (C=O) groups excluding carboxylic acids is 1. The molecule has 1 N–H and O–H groups in total. The summed E-state index contributed by atoms with van der Waals surface area (Å²) in [5.41, 5.74) is 2.86. The van der Waals surface area contributed by atoms with E-state index in [1.807, 2.05) is 0 Å². The van der Waals surface area contributed by atoms with Crippen molar-refractivity contribution in [1.82, 2.24) is 15.1 Å². The third-order valence-corrected chi connectivity index (χ3v) is 6.65. The minimum atomic E-state index is 0.106. The van der Waals surface area contributed by atoms with Gasteiger partial charge in [0.15, 0.2) is 0 Å². The number of piperazine rings is 1. The Morgan fingerprint density at radius 1 is 0.964 bits per heavy atom. The van der Waals surface area contributed by atoms with Crippen LogP contribution in [-0.2, 0) is 4.79 Å².